The van der Waals surface area contributed by atoms with Crippen LogP contribution in [0.5, 0.6) is 0 Å². The van der Waals surface area contributed by atoms with Crippen LogP contribution in [0, 0.1) is 0 Å². The summed E-state index contributed by atoms with van der Waals surface area (Å²) in [6, 6.07) is 1.79. The van der Waals surface area contributed by atoms with Gasteiger partial charge < -0.3 is 5.11 Å². The van der Waals surface area contributed by atoms with Crippen molar-refractivity contribution in [1.29, 1.82) is 0 Å². The van der Waals surface area contributed by atoms with Crippen LogP contribution in [0.25, 0.3) is 0 Å². The molecule has 5 heteroatoms. The van der Waals surface area contributed by atoms with E-state index >= 15 is 0 Å². The van der Waals surface area contributed by atoms with Gasteiger partial charge in [-0.1, -0.05) is 31.2 Å². The van der Waals surface area contributed by atoms with Gasteiger partial charge >= 0.3 is 5.97 Å². The zero-order valence-electron chi connectivity index (χ0n) is 7.72. The summed E-state index contributed by atoms with van der Waals surface area (Å²) in [6.45, 7) is 6.33. The third-order valence-electron chi connectivity index (χ3n) is 1.70. The first-order valence-electron chi connectivity index (χ1n) is 3.85. The quantitative estimate of drug-likeness (QED) is 0.799. The Labute approximate surface area is 87.2 Å². The highest BCUT2D eigenvalue weighted by Gasteiger charge is 2.25. The fourth-order valence-corrected chi connectivity index (χ4v) is 4.68. The van der Waals surface area contributed by atoms with Gasteiger partial charge in [0.15, 0.2) is 0 Å². The van der Waals surface area contributed by atoms with E-state index in [2.05, 4.69) is 19.6 Å². The van der Waals surface area contributed by atoms with Crippen LogP contribution in [0.4, 0.5) is 0 Å². The molecule has 0 fully saturated rings. The monoisotopic (exact) mass is 234 g/mol. The van der Waals surface area contributed by atoms with Crippen LogP contribution in [-0.2, 0) is 0 Å². The first-order valence-corrected chi connectivity index (χ1v) is 8.55. The topological polar surface area (TPSA) is 37.3 Å². The van der Waals surface area contributed by atoms with Gasteiger partial charge in [0, 0.05) is 0 Å². The number of carboxylic acid groups (broad SMARTS) is 1. The lowest BCUT2D eigenvalue weighted by atomic mass is 10.5. The van der Waals surface area contributed by atoms with Crippen LogP contribution in [0.3, 0.4) is 0 Å². The van der Waals surface area contributed by atoms with Crippen molar-refractivity contribution in [3.8, 4) is 0 Å². The molecule has 0 saturated carbocycles. The van der Waals surface area contributed by atoms with Gasteiger partial charge in [-0.3, -0.25) is 0 Å². The number of rotatable bonds is 2. The van der Waals surface area contributed by atoms with E-state index in [9.17, 15) is 4.79 Å². The largest absolute Gasteiger partial charge is 0.477 e. The molecule has 0 spiro atoms. The van der Waals surface area contributed by atoms with Gasteiger partial charge in [-0.15, -0.1) is 11.3 Å². The predicted molar refractivity (Wildman–Crippen MR) is 59.3 cm³/mol. The van der Waals surface area contributed by atoms with Crippen LogP contribution in [0.1, 0.15) is 9.67 Å². The molecule has 1 aromatic rings. The zero-order chi connectivity index (χ0) is 10.2. The van der Waals surface area contributed by atoms with Crippen LogP contribution in [0.15, 0.2) is 6.07 Å². The molecule has 1 heterocycles. The maximum atomic E-state index is 10.9. The van der Waals surface area contributed by atoms with Crippen molar-refractivity contribution in [2.24, 2.45) is 0 Å². The second-order valence-corrected chi connectivity index (χ2v) is 10.6. The Balaban J connectivity index is 3.28. The average molecular weight is 235 g/mol. The molecule has 1 N–H and O–H groups in total. The second-order valence-electron chi connectivity index (χ2n) is 3.85. The summed E-state index contributed by atoms with van der Waals surface area (Å²) >= 11 is 6.94. The van der Waals surface area contributed by atoms with Crippen LogP contribution >= 0.6 is 22.9 Å². The second kappa shape index (κ2) is 3.44. The molecule has 0 aliphatic rings. The summed E-state index contributed by atoms with van der Waals surface area (Å²) < 4.78 is 0.565. The Bertz CT molecular complexity index is 340. The number of carboxylic acids is 1. The molecular formula is C8H11ClO2SSi. The van der Waals surface area contributed by atoms with Crippen LogP contribution in [0.2, 0.25) is 24.0 Å². The summed E-state index contributed by atoms with van der Waals surface area (Å²) in [6.07, 6.45) is 0. The fraction of sp³-hybridized carbons (Fsp3) is 0.375. The van der Waals surface area contributed by atoms with Crippen LogP contribution in [-0.4, -0.2) is 19.1 Å². The van der Waals surface area contributed by atoms with Gasteiger partial charge in [0.05, 0.1) is 12.4 Å². The molecule has 0 aromatic carbocycles. The molecule has 0 aliphatic carbocycles. The van der Waals surface area contributed by atoms with E-state index in [1.807, 2.05) is 0 Å². The van der Waals surface area contributed by atoms with E-state index in [0.29, 0.717) is 9.21 Å². The Morgan fingerprint density at radius 3 is 2.38 bits per heavy atom. The highest BCUT2D eigenvalue weighted by atomic mass is 35.5. The number of hydrogen-bond donors (Lipinski definition) is 1. The number of hydrogen-bond acceptors (Lipinski definition) is 2. The van der Waals surface area contributed by atoms with E-state index in [0.717, 1.165) is 16.5 Å². The molecule has 72 valence electrons. The molecule has 1 aromatic heterocycles. The molecule has 0 radical (unpaired) electrons. The third kappa shape index (κ3) is 2.33. The summed E-state index contributed by atoms with van der Waals surface area (Å²) in [5, 5.41) is 9.86. The molecule has 0 unspecified atom stereocenters. The van der Waals surface area contributed by atoms with Gasteiger partial charge in [0.2, 0.25) is 0 Å². The lowest BCUT2D eigenvalue weighted by Crippen LogP contribution is -2.39. The lowest BCUT2D eigenvalue weighted by Gasteiger charge is -2.14. The fourth-order valence-electron chi connectivity index (χ4n) is 1.08. The molecule has 13 heavy (non-hydrogen) atoms. The minimum absolute atomic E-state index is 0.407. The molecule has 0 bridgehead atoms. The number of thiophene rings is 1. The Kier molecular flexibility index (Phi) is 2.84. The molecule has 0 atom stereocenters. The summed E-state index contributed by atoms with van der Waals surface area (Å²) in [5.41, 5.74) is 0. The van der Waals surface area contributed by atoms with Crippen molar-refractivity contribution in [1.82, 2.24) is 0 Å². The molecule has 1 rings (SSSR count). The zero-order valence-corrected chi connectivity index (χ0v) is 10.3. The summed E-state index contributed by atoms with van der Waals surface area (Å²) in [4.78, 5) is 11.3. The van der Waals surface area contributed by atoms with Crippen molar-refractivity contribution in [3.63, 3.8) is 0 Å². The SMILES string of the molecule is C[Si](C)(C)c1cc(Cl)sc1C(=O)O. The van der Waals surface area contributed by atoms with Gasteiger partial charge in [0.1, 0.15) is 4.88 Å². The summed E-state index contributed by atoms with van der Waals surface area (Å²) in [5.74, 6) is -0.866. The van der Waals surface area contributed by atoms with Crippen molar-refractivity contribution in [2.45, 2.75) is 19.6 Å². The highest BCUT2D eigenvalue weighted by Crippen LogP contribution is 2.22. The maximum absolute atomic E-state index is 10.9. The smallest absolute Gasteiger partial charge is 0.345 e. The molecule has 0 saturated heterocycles. The van der Waals surface area contributed by atoms with Gasteiger partial charge in [-0.2, -0.15) is 0 Å². The maximum Gasteiger partial charge on any atom is 0.345 e. The third-order valence-corrected chi connectivity index (χ3v) is 5.15. The number of carbonyl (C=O) groups is 1. The highest BCUT2D eigenvalue weighted by molar-refractivity contribution is 7.20. The van der Waals surface area contributed by atoms with E-state index in [1.165, 1.54) is 0 Å². The van der Waals surface area contributed by atoms with E-state index in [-0.39, 0.29) is 0 Å². The minimum atomic E-state index is -1.57. The number of aromatic carboxylic acids is 1. The van der Waals surface area contributed by atoms with Gasteiger partial charge in [0.25, 0.3) is 0 Å². The van der Waals surface area contributed by atoms with Gasteiger partial charge in [-0.25, -0.2) is 4.79 Å². The normalized spacial score (nSPS) is 11.7. The van der Waals surface area contributed by atoms with E-state index < -0.39 is 14.0 Å². The molecular weight excluding hydrogens is 224 g/mol. The first-order chi connectivity index (χ1) is 5.82. The Morgan fingerprint density at radius 1 is 1.54 bits per heavy atom. The predicted octanol–water partition coefficient (Wildman–Crippen LogP) is 2.64. The van der Waals surface area contributed by atoms with E-state index in [4.69, 9.17) is 16.7 Å². The Hall–Kier alpha value is -0.323. The van der Waals surface area contributed by atoms with Crippen molar-refractivity contribution in [2.75, 3.05) is 0 Å². The van der Waals surface area contributed by atoms with Gasteiger partial charge in [-0.05, 0) is 11.3 Å². The molecule has 0 amide bonds. The minimum Gasteiger partial charge on any atom is -0.477 e. The lowest BCUT2D eigenvalue weighted by molar-refractivity contribution is 0.0703. The summed E-state index contributed by atoms with van der Waals surface area (Å²) in [7, 11) is -1.57. The van der Waals surface area contributed by atoms with Crippen LogP contribution < -0.4 is 5.19 Å². The average Bonchev–Trinajstić information content (AvgIpc) is 2.29. The molecule has 0 aliphatic heterocycles. The van der Waals surface area contributed by atoms with Crippen molar-refractivity contribution in [3.05, 3.63) is 15.3 Å². The first kappa shape index (κ1) is 10.8. The van der Waals surface area contributed by atoms with Crippen molar-refractivity contribution < 1.29 is 9.90 Å². The Morgan fingerprint density at radius 2 is 2.08 bits per heavy atom. The number of halogens is 1. The van der Waals surface area contributed by atoms with E-state index in [1.54, 1.807) is 6.07 Å². The molecule has 2 nitrogen and oxygen atoms in total. The van der Waals surface area contributed by atoms with Crippen molar-refractivity contribution >= 4 is 42.2 Å². The standard InChI is InChI=1S/C8H11ClO2SSi/c1-13(2,3)5-4-6(9)12-7(5)8(10)11/h4H,1-3H3,(H,10,11).